The molecule has 0 saturated carbocycles. The Kier molecular flexibility index (Phi) is 6.31. The molecule has 0 radical (unpaired) electrons. The van der Waals surface area contributed by atoms with Crippen molar-refractivity contribution in [3.8, 4) is 0 Å². The highest BCUT2D eigenvalue weighted by Crippen LogP contribution is 2.13. The highest BCUT2D eigenvalue weighted by Gasteiger charge is 2.11. The molecule has 0 aliphatic rings. The zero-order valence-corrected chi connectivity index (χ0v) is 11.6. The van der Waals surface area contributed by atoms with Crippen molar-refractivity contribution >= 4 is 0 Å². The van der Waals surface area contributed by atoms with Gasteiger partial charge in [0, 0.05) is 19.1 Å². The van der Waals surface area contributed by atoms with E-state index in [0.29, 0.717) is 12.1 Å². The van der Waals surface area contributed by atoms with Gasteiger partial charge < -0.3 is 10.2 Å². The fourth-order valence-electron chi connectivity index (χ4n) is 1.94. The minimum atomic E-state index is -1.42. The van der Waals surface area contributed by atoms with Crippen LogP contribution in [-0.4, -0.2) is 30.6 Å². The molecular weight excluding hydrogens is 253 g/mol. The van der Waals surface area contributed by atoms with E-state index in [1.165, 1.54) is 0 Å². The van der Waals surface area contributed by atoms with Gasteiger partial charge >= 0.3 is 0 Å². The number of nitrogens with zero attached hydrogens (tertiary/aromatic N) is 1. The molecule has 1 rings (SSSR count). The molecule has 19 heavy (non-hydrogen) atoms. The summed E-state index contributed by atoms with van der Waals surface area (Å²) in [5.74, 6) is -3.71. The monoisotopic (exact) mass is 274 g/mol. The van der Waals surface area contributed by atoms with E-state index in [4.69, 9.17) is 0 Å². The number of nitrogens with one attached hydrogen (secondary N) is 1. The second-order valence-corrected chi connectivity index (χ2v) is 4.64. The largest absolute Gasteiger partial charge is 0.309 e. The minimum Gasteiger partial charge on any atom is -0.309 e. The zero-order chi connectivity index (χ0) is 14.4. The maximum absolute atomic E-state index is 13.0. The van der Waals surface area contributed by atoms with Crippen LogP contribution in [0.5, 0.6) is 0 Å². The fraction of sp³-hybridized carbons (Fsp3) is 0.571. The third kappa shape index (κ3) is 4.84. The summed E-state index contributed by atoms with van der Waals surface area (Å²) in [6.45, 7) is 9.27. The summed E-state index contributed by atoms with van der Waals surface area (Å²) in [4.78, 5) is 2.25. The number of rotatable bonds is 7. The van der Waals surface area contributed by atoms with Crippen LogP contribution in [0, 0.1) is 17.5 Å². The van der Waals surface area contributed by atoms with Crippen LogP contribution >= 0.6 is 0 Å². The summed E-state index contributed by atoms with van der Waals surface area (Å²) in [7, 11) is 0. The quantitative estimate of drug-likeness (QED) is 0.769. The summed E-state index contributed by atoms with van der Waals surface area (Å²) in [5, 5.41) is 3.17. The Bertz CT molecular complexity index is 383. The van der Waals surface area contributed by atoms with E-state index in [1.54, 1.807) is 0 Å². The van der Waals surface area contributed by atoms with E-state index in [9.17, 15) is 13.2 Å². The van der Waals surface area contributed by atoms with Gasteiger partial charge in [-0.25, -0.2) is 13.2 Å². The van der Waals surface area contributed by atoms with Gasteiger partial charge in [-0.2, -0.15) is 0 Å². The SMILES string of the molecule is CCN(CC)CC(C)NCc1cc(F)c(F)c(F)c1. The van der Waals surface area contributed by atoms with Gasteiger partial charge in [-0.05, 0) is 37.7 Å². The van der Waals surface area contributed by atoms with Gasteiger partial charge in [-0.15, -0.1) is 0 Å². The number of hydrogen-bond acceptors (Lipinski definition) is 2. The predicted molar refractivity (Wildman–Crippen MR) is 70.4 cm³/mol. The van der Waals surface area contributed by atoms with Crippen LogP contribution in [0.25, 0.3) is 0 Å². The number of hydrogen-bond donors (Lipinski definition) is 1. The molecule has 1 N–H and O–H groups in total. The van der Waals surface area contributed by atoms with Crippen LogP contribution < -0.4 is 5.32 Å². The van der Waals surface area contributed by atoms with Gasteiger partial charge in [0.15, 0.2) is 17.5 Å². The van der Waals surface area contributed by atoms with E-state index >= 15 is 0 Å². The van der Waals surface area contributed by atoms with Crippen LogP contribution in [0.4, 0.5) is 13.2 Å². The fourth-order valence-corrected chi connectivity index (χ4v) is 1.94. The normalized spacial score (nSPS) is 13.0. The summed E-state index contributed by atoms with van der Waals surface area (Å²) in [6, 6.07) is 2.24. The standard InChI is InChI=1S/C14H21F3N2/c1-4-19(5-2)9-10(3)18-8-11-6-12(15)14(17)13(16)7-11/h6-7,10,18H,4-5,8-9H2,1-3H3. The van der Waals surface area contributed by atoms with Crippen molar-refractivity contribution in [1.82, 2.24) is 10.2 Å². The van der Waals surface area contributed by atoms with Crippen molar-refractivity contribution in [2.45, 2.75) is 33.4 Å². The maximum atomic E-state index is 13.0. The van der Waals surface area contributed by atoms with E-state index in [2.05, 4.69) is 24.1 Å². The smallest absolute Gasteiger partial charge is 0.194 e. The Hall–Kier alpha value is -1.07. The molecule has 0 amide bonds. The van der Waals surface area contributed by atoms with Crippen LogP contribution in [-0.2, 0) is 6.54 Å². The zero-order valence-electron chi connectivity index (χ0n) is 11.6. The molecule has 0 fully saturated rings. The molecule has 108 valence electrons. The predicted octanol–water partition coefficient (Wildman–Crippen LogP) is 2.92. The van der Waals surface area contributed by atoms with Gasteiger partial charge in [0.2, 0.25) is 0 Å². The Balaban J connectivity index is 2.52. The van der Waals surface area contributed by atoms with Crippen molar-refractivity contribution in [1.29, 1.82) is 0 Å². The average Bonchev–Trinajstić information content (AvgIpc) is 2.39. The lowest BCUT2D eigenvalue weighted by molar-refractivity contribution is 0.270. The molecule has 2 nitrogen and oxygen atoms in total. The molecule has 1 atom stereocenters. The molecule has 5 heteroatoms. The van der Waals surface area contributed by atoms with Gasteiger partial charge in [-0.3, -0.25) is 0 Å². The van der Waals surface area contributed by atoms with Crippen LogP contribution in [0.2, 0.25) is 0 Å². The molecule has 0 saturated heterocycles. The topological polar surface area (TPSA) is 15.3 Å². The molecule has 0 bridgehead atoms. The first-order chi connectivity index (χ1) is 8.97. The molecule has 0 aliphatic heterocycles. The van der Waals surface area contributed by atoms with E-state index in [0.717, 1.165) is 31.8 Å². The molecule has 0 spiro atoms. The molecule has 1 aromatic rings. The maximum Gasteiger partial charge on any atom is 0.194 e. The third-order valence-electron chi connectivity index (χ3n) is 3.12. The molecule has 1 aromatic carbocycles. The highest BCUT2D eigenvalue weighted by molar-refractivity contribution is 5.19. The number of benzene rings is 1. The molecule has 0 aromatic heterocycles. The average molecular weight is 274 g/mol. The van der Waals surface area contributed by atoms with Crippen molar-refractivity contribution in [2.75, 3.05) is 19.6 Å². The van der Waals surface area contributed by atoms with Gasteiger partial charge in [-0.1, -0.05) is 13.8 Å². The third-order valence-corrected chi connectivity index (χ3v) is 3.12. The van der Waals surface area contributed by atoms with E-state index in [1.807, 2.05) is 6.92 Å². The first-order valence-electron chi connectivity index (χ1n) is 6.57. The Morgan fingerprint density at radius 3 is 2.11 bits per heavy atom. The van der Waals surface area contributed by atoms with Gasteiger partial charge in [0.1, 0.15) is 0 Å². The molecule has 1 unspecified atom stereocenters. The Morgan fingerprint density at radius 1 is 1.11 bits per heavy atom. The summed E-state index contributed by atoms with van der Waals surface area (Å²) in [6.07, 6.45) is 0. The highest BCUT2D eigenvalue weighted by atomic mass is 19.2. The lowest BCUT2D eigenvalue weighted by Crippen LogP contribution is -2.38. The summed E-state index contributed by atoms with van der Waals surface area (Å²) in [5.41, 5.74) is 0.405. The first-order valence-corrected chi connectivity index (χ1v) is 6.57. The summed E-state index contributed by atoms with van der Waals surface area (Å²) >= 11 is 0. The van der Waals surface area contributed by atoms with Crippen LogP contribution in [0.1, 0.15) is 26.3 Å². The molecular formula is C14H21F3N2. The number of halogens is 3. The van der Waals surface area contributed by atoms with Gasteiger partial charge in [0.05, 0.1) is 0 Å². The van der Waals surface area contributed by atoms with Gasteiger partial charge in [0.25, 0.3) is 0 Å². The van der Waals surface area contributed by atoms with Crippen LogP contribution in [0.3, 0.4) is 0 Å². The van der Waals surface area contributed by atoms with Crippen LogP contribution in [0.15, 0.2) is 12.1 Å². The number of likely N-dealkylation sites (N-methyl/N-ethyl adjacent to an activating group) is 1. The van der Waals surface area contributed by atoms with E-state index in [-0.39, 0.29) is 6.04 Å². The first kappa shape index (κ1) is 16.0. The molecule has 0 aliphatic carbocycles. The van der Waals surface area contributed by atoms with Crippen molar-refractivity contribution in [2.24, 2.45) is 0 Å². The lowest BCUT2D eigenvalue weighted by Gasteiger charge is -2.23. The Labute approximate surface area is 112 Å². The second kappa shape index (κ2) is 7.50. The Morgan fingerprint density at radius 2 is 1.63 bits per heavy atom. The van der Waals surface area contributed by atoms with Crippen molar-refractivity contribution < 1.29 is 13.2 Å². The van der Waals surface area contributed by atoms with E-state index < -0.39 is 17.5 Å². The summed E-state index contributed by atoms with van der Waals surface area (Å²) < 4.78 is 38.9. The lowest BCUT2D eigenvalue weighted by atomic mass is 10.2. The second-order valence-electron chi connectivity index (χ2n) is 4.64. The van der Waals surface area contributed by atoms with Crippen molar-refractivity contribution in [3.05, 3.63) is 35.1 Å². The minimum absolute atomic E-state index is 0.191. The molecule has 0 heterocycles. The van der Waals surface area contributed by atoms with Crippen molar-refractivity contribution in [3.63, 3.8) is 0 Å².